The van der Waals surface area contributed by atoms with Crippen LogP contribution in [0.5, 0.6) is 0 Å². The molecule has 7 heteroatoms. The highest BCUT2D eigenvalue weighted by atomic mass is 32.2. The maximum Gasteiger partial charge on any atom is 0.269 e. The van der Waals surface area contributed by atoms with E-state index in [2.05, 4.69) is 9.97 Å². The van der Waals surface area contributed by atoms with Crippen molar-refractivity contribution in [3.8, 4) is 0 Å². The van der Waals surface area contributed by atoms with Gasteiger partial charge < -0.3 is 4.98 Å². The van der Waals surface area contributed by atoms with E-state index < -0.39 is 4.92 Å². The number of aromatic amines is 1. The topological polar surface area (TPSA) is 88.9 Å². The zero-order chi connectivity index (χ0) is 15.4. The average Bonchev–Trinajstić information content (AvgIpc) is 2.45. The van der Waals surface area contributed by atoms with Gasteiger partial charge in [0, 0.05) is 29.1 Å². The lowest BCUT2D eigenvalue weighted by Crippen LogP contribution is -2.16. The second-order valence-electron chi connectivity index (χ2n) is 4.50. The van der Waals surface area contributed by atoms with Crippen LogP contribution in [0.4, 0.5) is 5.69 Å². The van der Waals surface area contributed by atoms with Crippen LogP contribution in [0.3, 0.4) is 0 Å². The molecule has 110 valence electrons. The van der Waals surface area contributed by atoms with Gasteiger partial charge in [-0.05, 0) is 18.9 Å². The number of nitro benzene ring substituents is 1. The van der Waals surface area contributed by atoms with E-state index >= 15 is 0 Å². The third-order valence-electron chi connectivity index (χ3n) is 3.05. The van der Waals surface area contributed by atoms with E-state index in [4.69, 9.17) is 0 Å². The molecule has 0 amide bonds. The molecule has 0 spiro atoms. The summed E-state index contributed by atoms with van der Waals surface area (Å²) in [5.41, 5.74) is 2.17. The number of aryl methyl sites for hydroxylation is 1. The predicted molar refractivity (Wildman–Crippen MR) is 81.6 cm³/mol. The molecule has 1 heterocycles. The molecule has 2 rings (SSSR count). The first-order chi connectivity index (χ1) is 10.0. The molecule has 1 N–H and O–H groups in total. The Balaban J connectivity index is 2.15. The van der Waals surface area contributed by atoms with E-state index in [1.165, 1.54) is 23.9 Å². The van der Waals surface area contributed by atoms with E-state index in [9.17, 15) is 14.9 Å². The molecule has 1 aromatic heterocycles. The lowest BCUT2D eigenvalue weighted by Gasteiger charge is -2.05. The summed E-state index contributed by atoms with van der Waals surface area (Å²) in [6.45, 7) is 3.72. The summed E-state index contributed by atoms with van der Waals surface area (Å²) in [6, 6.07) is 6.44. The lowest BCUT2D eigenvalue weighted by molar-refractivity contribution is -0.384. The highest BCUT2D eigenvalue weighted by Gasteiger charge is 2.09. The fraction of sp³-hybridized carbons (Fsp3) is 0.286. The first kappa shape index (κ1) is 15.2. The van der Waals surface area contributed by atoms with Crippen LogP contribution < -0.4 is 5.56 Å². The number of nitrogens with one attached hydrogen (secondary N) is 1. The molecular weight excluding hydrogens is 290 g/mol. The van der Waals surface area contributed by atoms with Gasteiger partial charge in [0.05, 0.1) is 4.92 Å². The molecule has 0 saturated carbocycles. The zero-order valence-corrected chi connectivity index (χ0v) is 12.6. The fourth-order valence-corrected chi connectivity index (χ4v) is 2.83. The summed E-state index contributed by atoms with van der Waals surface area (Å²) >= 11 is 1.35. The Morgan fingerprint density at radius 1 is 1.43 bits per heavy atom. The van der Waals surface area contributed by atoms with Crippen molar-refractivity contribution in [2.24, 2.45) is 0 Å². The van der Waals surface area contributed by atoms with E-state index in [0.29, 0.717) is 22.9 Å². The van der Waals surface area contributed by atoms with Crippen molar-refractivity contribution in [2.45, 2.75) is 31.2 Å². The summed E-state index contributed by atoms with van der Waals surface area (Å²) < 4.78 is 0. The number of hydrogen-bond acceptors (Lipinski definition) is 5. The fourth-order valence-electron chi connectivity index (χ4n) is 1.98. The van der Waals surface area contributed by atoms with Crippen molar-refractivity contribution in [1.29, 1.82) is 0 Å². The third kappa shape index (κ3) is 3.69. The first-order valence-electron chi connectivity index (χ1n) is 6.47. The van der Waals surface area contributed by atoms with Gasteiger partial charge in [-0.25, -0.2) is 4.98 Å². The average molecular weight is 305 g/mol. The molecule has 0 aliphatic heterocycles. The zero-order valence-electron chi connectivity index (χ0n) is 11.8. The van der Waals surface area contributed by atoms with Crippen molar-refractivity contribution in [2.75, 3.05) is 0 Å². The lowest BCUT2D eigenvalue weighted by atomic mass is 10.2. The van der Waals surface area contributed by atoms with Crippen LogP contribution >= 0.6 is 11.8 Å². The number of aromatic nitrogens is 2. The van der Waals surface area contributed by atoms with Crippen LogP contribution in [-0.2, 0) is 12.2 Å². The smallest absolute Gasteiger partial charge is 0.269 e. The minimum atomic E-state index is -0.422. The molecule has 0 atom stereocenters. The number of rotatable bonds is 5. The number of nitrogens with zero attached hydrogens (tertiary/aromatic N) is 2. The van der Waals surface area contributed by atoms with Gasteiger partial charge in [0.2, 0.25) is 0 Å². The monoisotopic (exact) mass is 305 g/mol. The molecule has 2 aromatic rings. The van der Waals surface area contributed by atoms with E-state index in [0.717, 1.165) is 11.3 Å². The van der Waals surface area contributed by atoms with Crippen molar-refractivity contribution in [1.82, 2.24) is 9.97 Å². The summed E-state index contributed by atoms with van der Waals surface area (Å²) in [7, 11) is 0. The summed E-state index contributed by atoms with van der Waals surface area (Å²) in [5, 5.41) is 11.3. The van der Waals surface area contributed by atoms with Crippen LogP contribution in [0, 0.1) is 17.0 Å². The summed E-state index contributed by atoms with van der Waals surface area (Å²) in [5.74, 6) is 0.509. The quantitative estimate of drug-likeness (QED) is 0.397. The molecule has 0 saturated heterocycles. The van der Waals surface area contributed by atoms with Crippen LogP contribution in [0.15, 0.2) is 34.2 Å². The number of hydrogen-bond donors (Lipinski definition) is 1. The minimum absolute atomic E-state index is 0.0621. The Kier molecular flexibility index (Phi) is 4.74. The van der Waals surface area contributed by atoms with Crippen LogP contribution in [-0.4, -0.2) is 14.9 Å². The van der Waals surface area contributed by atoms with E-state index in [1.807, 2.05) is 19.9 Å². The highest BCUT2D eigenvalue weighted by molar-refractivity contribution is 7.98. The molecule has 6 nitrogen and oxygen atoms in total. The normalized spacial score (nSPS) is 10.6. The van der Waals surface area contributed by atoms with Crippen molar-refractivity contribution in [3.63, 3.8) is 0 Å². The van der Waals surface area contributed by atoms with E-state index in [1.54, 1.807) is 6.07 Å². The van der Waals surface area contributed by atoms with Gasteiger partial charge in [0.25, 0.3) is 11.2 Å². The number of benzene rings is 1. The van der Waals surface area contributed by atoms with Gasteiger partial charge in [-0.2, -0.15) is 0 Å². The van der Waals surface area contributed by atoms with E-state index in [-0.39, 0.29) is 11.2 Å². The number of nitro groups is 1. The van der Waals surface area contributed by atoms with Crippen molar-refractivity contribution >= 4 is 17.4 Å². The largest absolute Gasteiger partial charge is 0.301 e. The van der Waals surface area contributed by atoms with Crippen LogP contribution in [0.2, 0.25) is 0 Å². The molecule has 1 aromatic carbocycles. The Labute approximate surface area is 125 Å². The Bertz CT molecular complexity index is 728. The standard InChI is InChI=1S/C14H15N3O3S/c1-3-12-9(2)15-14(16-13(12)18)21-8-10-5-4-6-11(7-10)17(19)20/h4-7H,3,8H2,1-2H3,(H,15,16,18). The molecule has 21 heavy (non-hydrogen) atoms. The molecule has 0 bridgehead atoms. The molecule has 0 aliphatic carbocycles. The maximum absolute atomic E-state index is 11.8. The number of thioether (sulfide) groups is 1. The Morgan fingerprint density at radius 3 is 2.81 bits per heavy atom. The first-order valence-corrected chi connectivity index (χ1v) is 7.45. The number of H-pyrrole nitrogens is 1. The van der Waals surface area contributed by atoms with Gasteiger partial charge in [0.1, 0.15) is 0 Å². The number of non-ortho nitro benzene ring substituents is 1. The molecule has 0 radical (unpaired) electrons. The highest BCUT2D eigenvalue weighted by Crippen LogP contribution is 2.21. The van der Waals surface area contributed by atoms with Gasteiger partial charge >= 0.3 is 0 Å². The second-order valence-corrected chi connectivity index (χ2v) is 5.47. The SMILES string of the molecule is CCc1c(C)nc(SCc2cccc([N+](=O)[O-])c2)[nH]c1=O. The molecular formula is C14H15N3O3S. The minimum Gasteiger partial charge on any atom is -0.301 e. The maximum atomic E-state index is 11.8. The van der Waals surface area contributed by atoms with Crippen molar-refractivity contribution in [3.05, 3.63) is 61.6 Å². The van der Waals surface area contributed by atoms with Gasteiger partial charge in [-0.15, -0.1) is 0 Å². The van der Waals surface area contributed by atoms with Gasteiger partial charge in [-0.3, -0.25) is 14.9 Å². The molecule has 0 unspecified atom stereocenters. The second kappa shape index (κ2) is 6.53. The van der Waals surface area contributed by atoms with Gasteiger partial charge in [-0.1, -0.05) is 30.8 Å². The summed E-state index contributed by atoms with van der Waals surface area (Å²) in [4.78, 5) is 29.2. The van der Waals surface area contributed by atoms with Crippen LogP contribution in [0.25, 0.3) is 0 Å². The Hall–Kier alpha value is -2.15. The third-order valence-corrected chi connectivity index (χ3v) is 4.00. The van der Waals surface area contributed by atoms with Crippen LogP contribution in [0.1, 0.15) is 23.7 Å². The predicted octanol–water partition coefficient (Wildman–Crippen LogP) is 2.84. The Morgan fingerprint density at radius 2 is 2.19 bits per heavy atom. The molecule has 0 fully saturated rings. The van der Waals surface area contributed by atoms with Crippen molar-refractivity contribution < 1.29 is 4.92 Å². The van der Waals surface area contributed by atoms with Gasteiger partial charge in [0.15, 0.2) is 5.16 Å². The summed E-state index contributed by atoms with van der Waals surface area (Å²) in [6.07, 6.45) is 0.643. The molecule has 0 aliphatic rings.